The minimum atomic E-state index is -0.554. The van der Waals surface area contributed by atoms with Crippen LogP contribution in [-0.2, 0) is 16.1 Å². The van der Waals surface area contributed by atoms with E-state index in [1.165, 1.54) is 0 Å². The molecule has 1 N–H and O–H groups in total. The Morgan fingerprint density at radius 1 is 1.14 bits per heavy atom. The van der Waals surface area contributed by atoms with Gasteiger partial charge in [-0.15, -0.1) is 5.10 Å². The summed E-state index contributed by atoms with van der Waals surface area (Å²) >= 11 is 5.24. The fourth-order valence-corrected chi connectivity index (χ4v) is 5.33. The van der Waals surface area contributed by atoms with Gasteiger partial charge in [-0.05, 0) is 43.5 Å². The van der Waals surface area contributed by atoms with Gasteiger partial charge in [0.2, 0.25) is 11.1 Å². The van der Waals surface area contributed by atoms with Gasteiger partial charge in [-0.3, -0.25) is 0 Å². The molecule has 1 atom stereocenters. The molecule has 0 bridgehead atoms. The first-order valence-corrected chi connectivity index (χ1v) is 14.5. The van der Waals surface area contributed by atoms with Gasteiger partial charge in [-0.25, -0.2) is 9.48 Å². The zero-order valence-electron chi connectivity index (χ0n) is 21.5. The fraction of sp³-hybridized carbons (Fsp3) is 0.393. The van der Waals surface area contributed by atoms with Crippen LogP contribution in [0.25, 0.3) is 0 Å². The Balaban J connectivity index is 1.75. The largest absolute Gasteiger partial charge is 0.489 e. The smallest absolute Gasteiger partial charge is 0.338 e. The molecule has 1 aliphatic rings. The van der Waals surface area contributed by atoms with E-state index in [2.05, 4.69) is 35.1 Å². The van der Waals surface area contributed by atoms with Crippen LogP contribution in [0.4, 0.5) is 5.95 Å². The zero-order valence-corrected chi connectivity index (χ0v) is 23.9. The Bertz CT molecular complexity index is 1250. The third-order valence-electron chi connectivity index (χ3n) is 6.02. The fourth-order valence-electron chi connectivity index (χ4n) is 4.04. The predicted molar refractivity (Wildman–Crippen MR) is 151 cm³/mol. The summed E-state index contributed by atoms with van der Waals surface area (Å²) in [5, 5.41) is 8.79. The highest BCUT2D eigenvalue weighted by Crippen LogP contribution is 2.41. The molecule has 1 unspecified atom stereocenters. The van der Waals surface area contributed by atoms with Crippen molar-refractivity contribution >= 4 is 39.6 Å². The van der Waals surface area contributed by atoms with Crippen LogP contribution in [0.5, 0.6) is 5.75 Å². The number of rotatable bonds is 12. The van der Waals surface area contributed by atoms with Gasteiger partial charge >= 0.3 is 5.97 Å². The molecule has 4 rings (SSSR count). The number of fused-ring (bicyclic) bond motifs is 1. The molecule has 0 aliphatic carbocycles. The molecule has 196 valence electrons. The van der Waals surface area contributed by atoms with Gasteiger partial charge in [0.15, 0.2) is 0 Å². The third-order valence-corrected chi connectivity index (χ3v) is 7.43. The van der Waals surface area contributed by atoms with Crippen molar-refractivity contribution in [1.29, 1.82) is 0 Å². The van der Waals surface area contributed by atoms with Gasteiger partial charge in [-0.1, -0.05) is 84.7 Å². The number of halogens is 1. The monoisotopic (exact) mass is 584 g/mol. The number of unbranched alkanes of at least 4 members (excludes halogenated alkanes) is 2. The second-order valence-corrected chi connectivity index (χ2v) is 10.9. The summed E-state index contributed by atoms with van der Waals surface area (Å²) in [5.74, 6) is 1.84. The second-order valence-electron chi connectivity index (χ2n) is 8.88. The predicted octanol–water partition coefficient (Wildman–Crippen LogP) is 7.14. The number of thioether (sulfide) groups is 1. The first-order chi connectivity index (χ1) is 18.0. The average molecular weight is 586 g/mol. The van der Waals surface area contributed by atoms with Crippen molar-refractivity contribution in [2.45, 2.75) is 64.3 Å². The summed E-state index contributed by atoms with van der Waals surface area (Å²) in [5.41, 5.74) is 3.07. The van der Waals surface area contributed by atoms with E-state index in [9.17, 15) is 4.79 Å². The highest BCUT2D eigenvalue weighted by atomic mass is 79.9. The van der Waals surface area contributed by atoms with E-state index in [4.69, 9.17) is 19.6 Å². The number of hydrogen-bond acceptors (Lipinski definition) is 7. The van der Waals surface area contributed by atoms with Gasteiger partial charge in [0, 0.05) is 21.5 Å². The standard InChI is InChI=1S/C28H33BrN4O3S/c1-4-6-15-35-26(34)24-19(3)30-27-31-28(37-16-7-5-2)32-33(27)25(24)22-17-21(29)13-14-23(22)36-18-20-11-9-8-10-12-20/h8-14,17,25H,4-7,15-16,18H2,1-3H3,(H,30,31,32). The molecule has 37 heavy (non-hydrogen) atoms. The molecule has 1 aliphatic heterocycles. The third kappa shape index (κ3) is 6.76. The lowest BCUT2D eigenvalue weighted by molar-refractivity contribution is -0.139. The number of hydrogen-bond donors (Lipinski definition) is 1. The summed E-state index contributed by atoms with van der Waals surface area (Å²) in [6.07, 6.45) is 3.95. The zero-order chi connectivity index (χ0) is 26.2. The molecular weight excluding hydrogens is 552 g/mol. The number of aromatic nitrogens is 3. The normalized spacial score (nSPS) is 14.8. The minimum Gasteiger partial charge on any atom is -0.489 e. The minimum absolute atomic E-state index is 0.362. The van der Waals surface area contributed by atoms with E-state index < -0.39 is 6.04 Å². The molecule has 0 saturated heterocycles. The summed E-state index contributed by atoms with van der Waals surface area (Å²) in [7, 11) is 0. The number of allylic oxidation sites excluding steroid dienone is 1. The first-order valence-electron chi connectivity index (χ1n) is 12.7. The van der Waals surface area contributed by atoms with E-state index in [1.54, 1.807) is 16.4 Å². The summed E-state index contributed by atoms with van der Waals surface area (Å²) in [6.45, 7) is 6.89. The maximum atomic E-state index is 13.4. The highest BCUT2D eigenvalue weighted by Gasteiger charge is 2.37. The Kier molecular flexibility index (Phi) is 9.68. The highest BCUT2D eigenvalue weighted by molar-refractivity contribution is 9.10. The van der Waals surface area contributed by atoms with Crippen LogP contribution in [0.2, 0.25) is 0 Å². The molecule has 0 saturated carbocycles. The molecule has 0 radical (unpaired) electrons. The van der Waals surface area contributed by atoms with Crippen molar-refractivity contribution in [2.24, 2.45) is 0 Å². The van der Waals surface area contributed by atoms with Crippen LogP contribution >= 0.6 is 27.7 Å². The number of anilines is 1. The van der Waals surface area contributed by atoms with Gasteiger partial charge in [-0.2, -0.15) is 4.98 Å². The Morgan fingerprint density at radius 2 is 1.92 bits per heavy atom. The lowest BCUT2D eigenvalue weighted by atomic mass is 9.95. The van der Waals surface area contributed by atoms with Crippen molar-refractivity contribution in [3.8, 4) is 5.75 Å². The van der Waals surface area contributed by atoms with Crippen molar-refractivity contribution < 1.29 is 14.3 Å². The molecule has 2 aromatic carbocycles. The topological polar surface area (TPSA) is 78.3 Å². The first kappa shape index (κ1) is 27.3. The number of nitrogens with one attached hydrogen (secondary N) is 1. The van der Waals surface area contributed by atoms with E-state index in [0.29, 0.717) is 41.3 Å². The molecule has 9 heteroatoms. The maximum absolute atomic E-state index is 13.4. The van der Waals surface area contributed by atoms with Crippen LogP contribution in [-0.4, -0.2) is 33.1 Å². The SMILES string of the molecule is CCCCOC(=O)C1=C(C)Nc2nc(SCCCC)nn2C1c1cc(Br)ccc1OCc1ccccc1. The lowest BCUT2D eigenvalue weighted by Crippen LogP contribution is -2.30. The van der Waals surface area contributed by atoms with E-state index >= 15 is 0 Å². The van der Waals surface area contributed by atoms with Gasteiger partial charge in [0.1, 0.15) is 18.4 Å². The van der Waals surface area contributed by atoms with Crippen molar-refractivity contribution in [3.63, 3.8) is 0 Å². The Morgan fingerprint density at radius 3 is 2.68 bits per heavy atom. The molecule has 0 amide bonds. The summed E-state index contributed by atoms with van der Waals surface area (Å²) in [6, 6.07) is 15.3. The number of carbonyl (C=O) groups is 1. The van der Waals surface area contributed by atoms with Crippen LogP contribution in [0.15, 0.2) is 69.4 Å². The number of ether oxygens (including phenoxy) is 2. The van der Waals surface area contributed by atoms with E-state index in [0.717, 1.165) is 47.0 Å². The molecule has 3 aromatic rings. The van der Waals surface area contributed by atoms with Crippen molar-refractivity contribution in [3.05, 3.63) is 75.4 Å². The summed E-state index contributed by atoms with van der Waals surface area (Å²) in [4.78, 5) is 18.2. The van der Waals surface area contributed by atoms with Gasteiger partial charge in [0.25, 0.3) is 0 Å². The van der Waals surface area contributed by atoms with Crippen molar-refractivity contribution in [2.75, 3.05) is 17.7 Å². The van der Waals surface area contributed by atoms with Crippen LogP contribution in [0.3, 0.4) is 0 Å². The van der Waals surface area contributed by atoms with Gasteiger partial charge < -0.3 is 14.8 Å². The second kappa shape index (κ2) is 13.1. The molecular formula is C28H33BrN4O3S. The molecule has 0 fully saturated rings. The number of benzene rings is 2. The molecule has 1 aromatic heterocycles. The molecule has 0 spiro atoms. The average Bonchev–Trinajstić information content (AvgIpc) is 3.30. The molecule has 7 nitrogen and oxygen atoms in total. The quantitative estimate of drug-likeness (QED) is 0.138. The van der Waals surface area contributed by atoms with E-state index in [-0.39, 0.29) is 5.97 Å². The number of esters is 1. The maximum Gasteiger partial charge on any atom is 0.338 e. The van der Waals surface area contributed by atoms with Crippen molar-refractivity contribution in [1.82, 2.24) is 14.8 Å². The van der Waals surface area contributed by atoms with Gasteiger partial charge in [0.05, 0.1) is 12.2 Å². The van der Waals surface area contributed by atoms with E-state index in [1.807, 2.05) is 55.5 Å². The van der Waals surface area contributed by atoms with Crippen LogP contribution in [0.1, 0.15) is 63.6 Å². The number of carbonyl (C=O) groups excluding carboxylic acids is 1. The van der Waals surface area contributed by atoms with Crippen LogP contribution in [0, 0.1) is 0 Å². The lowest BCUT2D eigenvalue weighted by Gasteiger charge is -2.29. The number of nitrogens with zero attached hydrogens (tertiary/aromatic N) is 3. The molecule has 2 heterocycles. The Labute approximate surface area is 231 Å². The Hall–Kier alpha value is -2.78. The van der Waals surface area contributed by atoms with Crippen LogP contribution < -0.4 is 10.1 Å². The summed E-state index contributed by atoms with van der Waals surface area (Å²) < 4.78 is 14.7.